The molecular weight excluding hydrogens is 491 g/mol. The second kappa shape index (κ2) is 14.0. The molecule has 0 radical (unpaired) electrons. The maximum absolute atomic E-state index is 5.78. The standard InChI is InChI=1S/C29H36O2P.BrH/c1(2-7-15-26-25-30-22-23-31-26)3-14-24-32(27-16-8-4-9-17-27,28-18-10-5-11-19-28)29-20-12-6-13-21-29;/h4-6,8-13,16-21,26H,1-3,7,14-15,22-25H2;1H/q+1;/p-1. The van der Waals surface area contributed by atoms with Gasteiger partial charge in [-0.2, -0.15) is 0 Å². The molecular formula is C29H36BrO2P. The fraction of sp³-hybridized carbons (Fsp3) is 0.379. The fourth-order valence-electron chi connectivity index (χ4n) is 4.84. The van der Waals surface area contributed by atoms with Crippen molar-refractivity contribution < 1.29 is 26.5 Å². The molecule has 1 fully saturated rings. The summed E-state index contributed by atoms with van der Waals surface area (Å²) in [6.07, 6.45) is 9.05. The van der Waals surface area contributed by atoms with E-state index in [4.69, 9.17) is 9.47 Å². The summed E-state index contributed by atoms with van der Waals surface area (Å²) < 4.78 is 11.3. The van der Waals surface area contributed by atoms with Gasteiger partial charge in [-0.05, 0) is 55.7 Å². The van der Waals surface area contributed by atoms with Crippen LogP contribution in [0.25, 0.3) is 0 Å². The molecule has 0 bridgehead atoms. The van der Waals surface area contributed by atoms with Gasteiger partial charge in [-0.15, -0.1) is 0 Å². The summed E-state index contributed by atoms with van der Waals surface area (Å²) >= 11 is 0. The van der Waals surface area contributed by atoms with Gasteiger partial charge in [0.25, 0.3) is 0 Å². The van der Waals surface area contributed by atoms with E-state index in [9.17, 15) is 0 Å². The fourth-order valence-corrected chi connectivity index (χ4v) is 9.25. The Morgan fingerprint density at radius 1 is 0.606 bits per heavy atom. The highest BCUT2D eigenvalue weighted by molar-refractivity contribution is 7.95. The second-order valence-electron chi connectivity index (χ2n) is 8.66. The topological polar surface area (TPSA) is 18.5 Å². The Hall–Kier alpha value is -1.51. The van der Waals surface area contributed by atoms with Gasteiger partial charge in [0.2, 0.25) is 0 Å². The molecule has 1 heterocycles. The van der Waals surface area contributed by atoms with Crippen molar-refractivity contribution >= 4 is 23.2 Å². The third-order valence-electron chi connectivity index (χ3n) is 6.50. The summed E-state index contributed by atoms with van der Waals surface area (Å²) in [6, 6.07) is 33.7. The van der Waals surface area contributed by atoms with Crippen LogP contribution < -0.4 is 32.9 Å². The lowest BCUT2D eigenvalue weighted by Gasteiger charge is -2.27. The Labute approximate surface area is 210 Å². The van der Waals surface area contributed by atoms with E-state index < -0.39 is 7.26 Å². The van der Waals surface area contributed by atoms with E-state index in [0.717, 1.165) is 26.2 Å². The van der Waals surface area contributed by atoms with Crippen LogP contribution >= 0.6 is 7.26 Å². The molecule has 1 atom stereocenters. The predicted molar refractivity (Wildman–Crippen MR) is 138 cm³/mol. The Bertz CT molecular complexity index is 802. The molecule has 0 saturated carbocycles. The van der Waals surface area contributed by atoms with E-state index in [1.165, 1.54) is 54.2 Å². The van der Waals surface area contributed by atoms with Gasteiger partial charge >= 0.3 is 0 Å². The largest absolute Gasteiger partial charge is 1.00 e. The molecule has 4 rings (SSSR count). The summed E-state index contributed by atoms with van der Waals surface area (Å²) in [6.45, 7) is 2.29. The van der Waals surface area contributed by atoms with E-state index in [2.05, 4.69) is 91.0 Å². The number of unbranched alkanes of at least 4 members (excludes halogenated alkanes) is 4. The SMILES string of the molecule is [Br-].c1ccc([P+](CCCCCCCC2COCCO2)(c2ccccc2)c2ccccc2)cc1. The van der Waals surface area contributed by atoms with Gasteiger partial charge in [-0.3, -0.25) is 0 Å². The molecule has 0 spiro atoms. The molecule has 2 nitrogen and oxygen atoms in total. The van der Waals surface area contributed by atoms with E-state index >= 15 is 0 Å². The van der Waals surface area contributed by atoms with Gasteiger partial charge in [-0.1, -0.05) is 73.9 Å². The average molecular weight is 527 g/mol. The summed E-state index contributed by atoms with van der Waals surface area (Å²) in [7, 11) is -1.67. The summed E-state index contributed by atoms with van der Waals surface area (Å²) in [4.78, 5) is 0. The smallest absolute Gasteiger partial charge is 0.112 e. The highest BCUT2D eigenvalue weighted by Crippen LogP contribution is 2.55. The van der Waals surface area contributed by atoms with Gasteiger partial charge in [0.05, 0.1) is 32.1 Å². The molecule has 3 aromatic carbocycles. The van der Waals surface area contributed by atoms with Crippen LogP contribution in [-0.2, 0) is 9.47 Å². The van der Waals surface area contributed by atoms with Crippen LogP contribution in [0.4, 0.5) is 0 Å². The lowest BCUT2D eigenvalue weighted by molar-refractivity contribution is -0.0912. The van der Waals surface area contributed by atoms with Gasteiger partial charge in [0.1, 0.15) is 23.2 Å². The quantitative estimate of drug-likeness (QED) is 0.282. The van der Waals surface area contributed by atoms with Crippen molar-refractivity contribution in [3.63, 3.8) is 0 Å². The number of hydrogen-bond acceptors (Lipinski definition) is 2. The van der Waals surface area contributed by atoms with Crippen molar-refractivity contribution in [2.45, 2.75) is 44.6 Å². The zero-order valence-corrected chi connectivity index (χ0v) is 21.9. The average Bonchev–Trinajstić information content (AvgIpc) is 2.88. The third-order valence-corrected chi connectivity index (χ3v) is 11.0. The number of halogens is 1. The van der Waals surface area contributed by atoms with Crippen molar-refractivity contribution in [1.82, 2.24) is 0 Å². The van der Waals surface area contributed by atoms with Gasteiger partial charge in [-0.25, -0.2) is 0 Å². The minimum atomic E-state index is -1.67. The maximum atomic E-state index is 5.78. The minimum absolute atomic E-state index is 0. The first kappa shape index (κ1) is 26.1. The van der Waals surface area contributed by atoms with E-state index in [0.29, 0.717) is 6.10 Å². The van der Waals surface area contributed by atoms with Crippen LogP contribution in [0, 0.1) is 0 Å². The monoisotopic (exact) mass is 526 g/mol. The van der Waals surface area contributed by atoms with Crippen LogP contribution in [0.5, 0.6) is 0 Å². The van der Waals surface area contributed by atoms with Crippen molar-refractivity contribution in [3.8, 4) is 0 Å². The molecule has 1 saturated heterocycles. The Morgan fingerprint density at radius 3 is 1.58 bits per heavy atom. The molecule has 4 heteroatoms. The lowest BCUT2D eigenvalue weighted by atomic mass is 10.1. The van der Waals surface area contributed by atoms with Crippen molar-refractivity contribution in [2.24, 2.45) is 0 Å². The highest BCUT2D eigenvalue weighted by atomic mass is 79.9. The van der Waals surface area contributed by atoms with Crippen LogP contribution in [0.2, 0.25) is 0 Å². The van der Waals surface area contributed by atoms with E-state index in [1.807, 2.05) is 0 Å². The first-order valence-electron chi connectivity index (χ1n) is 12.1. The lowest BCUT2D eigenvalue weighted by Crippen LogP contribution is -3.00. The van der Waals surface area contributed by atoms with Crippen LogP contribution in [0.1, 0.15) is 38.5 Å². The Kier molecular flexibility index (Phi) is 11.1. The molecule has 3 aromatic rings. The van der Waals surface area contributed by atoms with Crippen LogP contribution in [0.3, 0.4) is 0 Å². The molecule has 176 valence electrons. The van der Waals surface area contributed by atoms with E-state index in [-0.39, 0.29) is 17.0 Å². The van der Waals surface area contributed by atoms with E-state index in [1.54, 1.807) is 0 Å². The zero-order chi connectivity index (χ0) is 21.9. The van der Waals surface area contributed by atoms with Crippen LogP contribution in [-0.4, -0.2) is 32.1 Å². The Balaban J connectivity index is 0.00000306. The molecule has 1 aliphatic heterocycles. The number of rotatable bonds is 11. The summed E-state index contributed by atoms with van der Waals surface area (Å²) in [5.74, 6) is 0. The van der Waals surface area contributed by atoms with Crippen molar-refractivity contribution in [3.05, 3.63) is 91.0 Å². The van der Waals surface area contributed by atoms with Gasteiger partial charge in [0.15, 0.2) is 0 Å². The molecule has 0 aliphatic carbocycles. The van der Waals surface area contributed by atoms with Gasteiger partial charge in [0, 0.05) is 0 Å². The molecule has 0 amide bonds. The third kappa shape index (κ3) is 6.99. The highest BCUT2D eigenvalue weighted by Gasteiger charge is 2.44. The predicted octanol–water partition coefficient (Wildman–Crippen LogP) is 2.74. The minimum Gasteiger partial charge on any atom is -1.00 e. The van der Waals surface area contributed by atoms with Crippen LogP contribution in [0.15, 0.2) is 91.0 Å². The molecule has 1 aliphatic rings. The zero-order valence-electron chi connectivity index (χ0n) is 19.5. The molecule has 0 aromatic heterocycles. The summed E-state index contributed by atoms with van der Waals surface area (Å²) in [5.41, 5.74) is 0. The molecule has 0 N–H and O–H groups in total. The van der Waals surface area contributed by atoms with Crippen molar-refractivity contribution in [2.75, 3.05) is 26.0 Å². The second-order valence-corrected chi connectivity index (χ2v) is 12.3. The Morgan fingerprint density at radius 2 is 1.09 bits per heavy atom. The maximum Gasteiger partial charge on any atom is 0.112 e. The number of ether oxygens (including phenoxy) is 2. The number of benzene rings is 3. The first-order chi connectivity index (χ1) is 15.9. The first-order valence-corrected chi connectivity index (χ1v) is 14.1. The number of hydrogen-bond donors (Lipinski definition) is 0. The molecule has 33 heavy (non-hydrogen) atoms. The normalized spacial score (nSPS) is 16.2. The summed E-state index contributed by atoms with van der Waals surface area (Å²) in [5, 5.41) is 4.48. The van der Waals surface area contributed by atoms with Gasteiger partial charge < -0.3 is 26.5 Å². The van der Waals surface area contributed by atoms with Crippen molar-refractivity contribution in [1.29, 1.82) is 0 Å². The molecule has 1 unspecified atom stereocenters.